The monoisotopic (exact) mass is 422 g/mol. The van der Waals surface area contributed by atoms with E-state index >= 15 is 0 Å². The summed E-state index contributed by atoms with van der Waals surface area (Å²) in [5, 5.41) is 30.5. The van der Waals surface area contributed by atoms with Gasteiger partial charge in [0, 0.05) is 6.42 Å². The first-order valence-electron chi connectivity index (χ1n) is 12.7. The number of hydrogen-bond acceptors (Lipinski definition) is 3. The third kappa shape index (κ3) is 3.96. The Morgan fingerprint density at radius 2 is 1.60 bits per heavy atom. The Kier molecular flexibility index (Phi) is 7.29. The van der Waals surface area contributed by atoms with Gasteiger partial charge in [-0.2, -0.15) is 0 Å². The fourth-order valence-electron chi connectivity index (χ4n) is 8.73. The second kappa shape index (κ2) is 9.10. The van der Waals surface area contributed by atoms with Crippen LogP contribution in [0.3, 0.4) is 0 Å². The molecule has 4 rings (SSSR count). The molecule has 0 amide bonds. The van der Waals surface area contributed by atoms with Crippen LogP contribution in [0.2, 0.25) is 0 Å². The van der Waals surface area contributed by atoms with Crippen molar-refractivity contribution in [1.82, 2.24) is 0 Å². The van der Waals surface area contributed by atoms with Crippen LogP contribution in [-0.2, 0) is 4.79 Å². The molecule has 0 radical (unpaired) electrons. The quantitative estimate of drug-likeness (QED) is 0.559. The zero-order valence-corrected chi connectivity index (χ0v) is 19.9. The van der Waals surface area contributed by atoms with E-state index in [1.807, 2.05) is 13.8 Å². The number of carboxylic acid groups (broad SMARTS) is 1. The first-order chi connectivity index (χ1) is 14.2. The highest BCUT2D eigenvalue weighted by molar-refractivity contribution is 5.66. The second-order valence-corrected chi connectivity index (χ2v) is 11.4. The Bertz CT molecular complexity index is 606. The van der Waals surface area contributed by atoms with E-state index in [1.165, 1.54) is 25.7 Å². The van der Waals surface area contributed by atoms with Gasteiger partial charge in [-0.15, -0.1) is 0 Å². The van der Waals surface area contributed by atoms with Crippen molar-refractivity contribution < 1.29 is 20.1 Å². The minimum Gasteiger partial charge on any atom is -0.481 e. The van der Waals surface area contributed by atoms with Gasteiger partial charge in [-0.05, 0) is 104 Å². The van der Waals surface area contributed by atoms with E-state index in [-0.39, 0.29) is 29.5 Å². The third-order valence-electron chi connectivity index (χ3n) is 10.2. The first kappa shape index (κ1) is 24.0. The Morgan fingerprint density at radius 1 is 0.967 bits per heavy atom. The molecule has 3 N–H and O–H groups in total. The van der Waals surface area contributed by atoms with Crippen LogP contribution in [-0.4, -0.2) is 33.5 Å². The van der Waals surface area contributed by atoms with Crippen LogP contribution < -0.4 is 0 Å². The van der Waals surface area contributed by atoms with Crippen molar-refractivity contribution in [2.75, 3.05) is 0 Å². The van der Waals surface area contributed by atoms with Crippen LogP contribution in [0.25, 0.3) is 0 Å². The minimum absolute atomic E-state index is 0.179. The standard InChI is InChI=1S/C24H40O4.C2H6/c1-14(4-7-21(27)28)17-5-6-18-22-19(9-11-24(17,18)3)23(2)10-8-16(25)12-15(23)13-20(22)26;1-2/h14-20,22,25-26H,4-13H2,1-3H3,(H,27,28);1-2H3/t14-,15?,16?,17?,18?,19?,20?,22?,23?,24?;/m1./s1. The molecule has 0 aromatic heterocycles. The molecule has 174 valence electrons. The molecule has 4 saturated carbocycles. The Labute approximate surface area is 183 Å². The highest BCUT2D eigenvalue weighted by Gasteiger charge is 2.62. The van der Waals surface area contributed by atoms with E-state index in [0.717, 1.165) is 32.1 Å². The van der Waals surface area contributed by atoms with Crippen molar-refractivity contribution >= 4 is 5.97 Å². The van der Waals surface area contributed by atoms with Crippen LogP contribution in [0.5, 0.6) is 0 Å². The maximum Gasteiger partial charge on any atom is 0.303 e. The van der Waals surface area contributed by atoms with Gasteiger partial charge in [-0.1, -0.05) is 34.6 Å². The minimum atomic E-state index is -0.684. The van der Waals surface area contributed by atoms with Crippen LogP contribution in [0, 0.1) is 46.3 Å². The number of hydrogen-bond donors (Lipinski definition) is 3. The normalized spacial score (nSPS) is 48.4. The van der Waals surface area contributed by atoms with Crippen LogP contribution in [0.1, 0.15) is 98.8 Å². The van der Waals surface area contributed by atoms with Crippen molar-refractivity contribution in [2.24, 2.45) is 46.3 Å². The van der Waals surface area contributed by atoms with E-state index < -0.39 is 5.97 Å². The number of fused-ring (bicyclic) bond motifs is 5. The predicted molar refractivity (Wildman–Crippen MR) is 120 cm³/mol. The lowest BCUT2D eigenvalue weighted by Crippen LogP contribution is -2.58. The van der Waals surface area contributed by atoms with Gasteiger partial charge in [-0.3, -0.25) is 4.79 Å². The molecule has 4 aliphatic rings. The van der Waals surface area contributed by atoms with Gasteiger partial charge in [-0.25, -0.2) is 0 Å². The summed E-state index contributed by atoms with van der Waals surface area (Å²) in [6, 6.07) is 0. The molecule has 4 fully saturated rings. The van der Waals surface area contributed by atoms with E-state index in [2.05, 4.69) is 20.8 Å². The second-order valence-electron chi connectivity index (χ2n) is 11.4. The highest BCUT2D eigenvalue weighted by atomic mass is 16.4. The topological polar surface area (TPSA) is 77.8 Å². The highest BCUT2D eigenvalue weighted by Crippen LogP contribution is 2.68. The molecule has 10 atom stereocenters. The molecule has 4 aliphatic carbocycles. The molecule has 0 aromatic carbocycles. The van der Waals surface area contributed by atoms with Gasteiger partial charge in [0.25, 0.3) is 0 Å². The maximum atomic E-state index is 11.2. The molecular weight excluding hydrogens is 376 g/mol. The summed E-state index contributed by atoms with van der Waals surface area (Å²) >= 11 is 0. The average Bonchev–Trinajstić information content (AvgIpc) is 3.06. The van der Waals surface area contributed by atoms with Crippen LogP contribution >= 0.6 is 0 Å². The summed E-state index contributed by atoms with van der Waals surface area (Å²) in [5.41, 5.74) is 0.523. The van der Waals surface area contributed by atoms with Gasteiger partial charge < -0.3 is 15.3 Å². The fourth-order valence-corrected chi connectivity index (χ4v) is 8.73. The maximum absolute atomic E-state index is 11.2. The summed E-state index contributed by atoms with van der Waals surface area (Å²) < 4.78 is 0. The van der Waals surface area contributed by atoms with Crippen molar-refractivity contribution in [3.8, 4) is 0 Å². The molecule has 4 nitrogen and oxygen atoms in total. The summed E-state index contributed by atoms with van der Waals surface area (Å²) in [5.74, 6) is 2.36. The number of aliphatic hydroxyl groups excluding tert-OH is 2. The molecule has 4 heteroatoms. The average molecular weight is 423 g/mol. The molecule has 0 heterocycles. The largest absolute Gasteiger partial charge is 0.481 e. The van der Waals surface area contributed by atoms with Crippen molar-refractivity contribution in [3.05, 3.63) is 0 Å². The van der Waals surface area contributed by atoms with Crippen LogP contribution in [0.15, 0.2) is 0 Å². The molecule has 9 unspecified atom stereocenters. The number of carboxylic acids is 1. The van der Waals surface area contributed by atoms with Crippen molar-refractivity contribution in [3.63, 3.8) is 0 Å². The third-order valence-corrected chi connectivity index (χ3v) is 10.2. The molecular formula is C26H46O4. The van der Waals surface area contributed by atoms with Crippen molar-refractivity contribution in [1.29, 1.82) is 0 Å². The lowest BCUT2D eigenvalue weighted by molar-refractivity contribution is -0.174. The number of aliphatic hydroxyl groups is 2. The fraction of sp³-hybridized carbons (Fsp3) is 0.962. The lowest BCUT2D eigenvalue weighted by atomic mass is 9.43. The summed E-state index contributed by atoms with van der Waals surface area (Å²) in [6.07, 6.45) is 9.19. The molecule has 0 spiro atoms. The zero-order chi connectivity index (χ0) is 22.3. The van der Waals surface area contributed by atoms with Gasteiger partial charge in [0.05, 0.1) is 12.2 Å². The smallest absolute Gasteiger partial charge is 0.303 e. The zero-order valence-electron chi connectivity index (χ0n) is 19.9. The SMILES string of the molecule is CC.C[C@H](CCC(=O)O)C1CCC2C3C(O)CC4CC(O)CCC4(C)C3CCC21C. The Balaban J connectivity index is 0.00000124. The number of carbonyl (C=O) groups is 1. The number of rotatable bonds is 4. The Morgan fingerprint density at radius 3 is 2.27 bits per heavy atom. The summed E-state index contributed by atoms with van der Waals surface area (Å²) in [7, 11) is 0. The van der Waals surface area contributed by atoms with Gasteiger partial charge in [0.2, 0.25) is 0 Å². The van der Waals surface area contributed by atoms with Crippen molar-refractivity contribution in [2.45, 2.75) is 111 Å². The van der Waals surface area contributed by atoms with E-state index in [4.69, 9.17) is 5.11 Å². The van der Waals surface area contributed by atoms with Gasteiger partial charge >= 0.3 is 5.97 Å². The van der Waals surface area contributed by atoms with Crippen LogP contribution in [0.4, 0.5) is 0 Å². The summed E-state index contributed by atoms with van der Waals surface area (Å²) in [4.78, 5) is 11.1. The molecule has 0 bridgehead atoms. The molecule has 0 aromatic rings. The molecule has 0 saturated heterocycles. The van der Waals surface area contributed by atoms with E-state index in [0.29, 0.717) is 35.5 Å². The van der Waals surface area contributed by atoms with Gasteiger partial charge in [0.15, 0.2) is 0 Å². The predicted octanol–water partition coefficient (Wildman–Crippen LogP) is 5.50. The number of aliphatic carboxylic acids is 1. The summed E-state index contributed by atoms with van der Waals surface area (Å²) in [6.45, 7) is 11.2. The van der Waals surface area contributed by atoms with E-state index in [9.17, 15) is 15.0 Å². The molecule has 30 heavy (non-hydrogen) atoms. The molecule has 0 aliphatic heterocycles. The first-order valence-corrected chi connectivity index (χ1v) is 12.7. The van der Waals surface area contributed by atoms with Gasteiger partial charge in [0.1, 0.15) is 0 Å². The Hall–Kier alpha value is -0.610. The lowest BCUT2D eigenvalue weighted by Gasteiger charge is -2.62. The van der Waals surface area contributed by atoms with E-state index in [1.54, 1.807) is 0 Å².